The van der Waals surface area contributed by atoms with Gasteiger partial charge in [0, 0.05) is 17.8 Å². The minimum absolute atomic E-state index is 0.0692. The molecule has 2 rings (SSSR count). The van der Waals surface area contributed by atoms with E-state index in [2.05, 4.69) is 17.6 Å². The molecule has 5 nitrogen and oxygen atoms in total. The van der Waals surface area contributed by atoms with Crippen molar-refractivity contribution < 1.29 is 14.3 Å². The van der Waals surface area contributed by atoms with Crippen LogP contribution in [0.1, 0.15) is 56.3 Å². The highest BCUT2D eigenvalue weighted by molar-refractivity contribution is 6.06. The fraction of sp³-hybridized carbons (Fsp3) is 0.364. The molecular weight excluding hydrogens is 340 g/mol. The maximum absolute atomic E-state index is 12.7. The quantitative estimate of drug-likeness (QED) is 0.563. The number of unbranched alkanes of at least 4 members (excludes halogenated alkanes) is 3. The number of amides is 2. The molecule has 0 aromatic heterocycles. The van der Waals surface area contributed by atoms with Crippen LogP contribution in [0.25, 0.3) is 0 Å². The molecule has 0 aliphatic heterocycles. The number of benzene rings is 2. The summed E-state index contributed by atoms with van der Waals surface area (Å²) in [7, 11) is 0. The van der Waals surface area contributed by atoms with Crippen molar-refractivity contribution in [3.05, 3.63) is 54.1 Å². The Morgan fingerprint density at radius 1 is 0.889 bits per heavy atom. The van der Waals surface area contributed by atoms with Crippen LogP contribution in [0, 0.1) is 0 Å². The summed E-state index contributed by atoms with van der Waals surface area (Å²) in [5.41, 5.74) is 1.77. The van der Waals surface area contributed by atoms with E-state index in [0.29, 0.717) is 35.7 Å². The number of hydrogen-bond acceptors (Lipinski definition) is 3. The summed E-state index contributed by atoms with van der Waals surface area (Å²) in [5.74, 6) is 0.278. The lowest BCUT2D eigenvalue weighted by molar-refractivity contribution is -0.115. The SMILES string of the molecule is CCCCCCOc1ccccc1C(=O)Nc1cccc(NC(=O)CC)c1. The first kappa shape index (κ1) is 20.5. The number of ether oxygens (including phenoxy) is 1. The van der Waals surface area contributed by atoms with Gasteiger partial charge in [-0.25, -0.2) is 0 Å². The number of carbonyl (C=O) groups is 2. The largest absolute Gasteiger partial charge is 0.493 e. The molecular formula is C22H28N2O3. The lowest BCUT2D eigenvalue weighted by Gasteiger charge is -2.12. The van der Waals surface area contributed by atoms with Crippen molar-refractivity contribution in [1.82, 2.24) is 0 Å². The van der Waals surface area contributed by atoms with E-state index < -0.39 is 0 Å². The number of anilines is 2. The van der Waals surface area contributed by atoms with E-state index in [4.69, 9.17) is 4.74 Å². The topological polar surface area (TPSA) is 67.4 Å². The van der Waals surface area contributed by atoms with E-state index in [1.165, 1.54) is 12.8 Å². The summed E-state index contributed by atoms with van der Waals surface area (Å²) >= 11 is 0. The van der Waals surface area contributed by atoms with Crippen LogP contribution in [0.15, 0.2) is 48.5 Å². The zero-order valence-electron chi connectivity index (χ0n) is 16.1. The molecule has 0 atom stereocenters. The molecule has 0 unspecified atom stereocenters. The molecule has 2 aromatic carbocycles. The van der Waals surface area contributed by atoms with Crippen molar-refractivity contribution in [2.45, 2.75) is 46.0 Å². The van der Waals surface area contributed by atoms with Gasteiger partial charge in [-0.15, -0.1) is 0 Å². The fourth-order valence-corrected chi connectivity index (χ4v) is 2.61. The second-order valence-electron chi connectivity index (χ2n) is 6.34. The van der Waals surface area contributed by atoms with Gasteiger partial charge in [-0.05, 0) is 36.8 Å². The molecule has 144 valence electrons. The molecule has 0 aliphatic carbocycles. The van der Waals surface area contributed by atoms with Crippen molar-refractivity contribution in [2.24, 2.45) is 0 Å². The second kappa shape index (κ2) is 11.0. The van der Waals surface area contributed by atoms with Crippen LogP contribution in [0.5, 0.6) is 5.75 Å². The number of rotatable bonds is 10. The smallest absolute Gasteiger partial charge is 0.259 e. The average Bonchev–Trinajstić information content (AvgIpc) is 2.68. The summed E-state index contributed by atoms with van der Waals surface area (Å²) in [6.07, 6.45) is 4.87. The highest BCUT2D eigenvalue weighted by Gasteiger charge is 2.12. The molecule has 0 aliphatic rings. The summed E-state index contributed by atoms with van der Waals surface area (Å²) in [4.78, 5) is 24.2. The van der Waals surface area contributed by atoms with E-state index in [1.807, 2.05) is 18.2 Å². The molecule has 0 fully saturated rings. The number of hydrogen-bond donors (Lipinski definition) is 2. The van der Waals surface area contributed by atoms with E-state index in [-0.39, 0.29) is 11.8 Å². The molecule has 5 heteroatoms. The second-order valence-corrected chi connectivity index (χ2v) is 6.34. The summed E-state index contributed by atoms with van der Waals surface area (Å²) in [6, 6.07) is 14.3. The van der Waals surface area contributed by atoms with Gasteiger partial charge in [-0.3, -0.25) is 9.59 Å². The van der Waals surface area contributed by atoms with Gasteiger partial charge in [-0.1, -0.05) is 51.3 Å². The maximum Gasteiger partial charge on any atom is 0.259 e. The van der Waals surface area contributed by atoms with Gasteiger partial charge in [-0.2, -0.15) is 0 Å². The average molecular weight is 368 g/mol. The molecule has 27 heavy (non-hydrogen) atoms. The lowest BCUT2D eigenvalue weighted by Crippen LogP contribution is -2.14. The van der Waals surface area contributed by atoms with Gasteiger partial charge in [0.25, 0.3) is 5.91 Å². The third-order valence-electron chi connectivity index (χ3n) is 4.11. The predicted octanol–water partition coefficient (Wildman–Crippen LogP) is 5.25. The number of carbonyl (C=O) groups excluding carboxylic acids is 2. The van der Waals surface area contributed by atoms with Gasteiger partial charge in [0.15, 0.2) is 0 Å². The first-order valence-electron chi connectivity index (χ1n) is 9.57. The van der Waals surface area contributed by atoms with Crippen molar-refractivity contribution in [1.29, 1.82) is 0 Å². The van der Waals surface area contributed by atoms with Crippen LogP contribution in [-0.2, 0) is 4.79 Å². The molecule has 2 N–H and O–H groups in total. The van der Waals surface area contributed by atoms with Crippen LogP contribution in [0.4, 0.5) is 11.4 Å². The summed E-state index contributed by atoms with van der Waals surface area (Å²) in [6.45, 7) is 4.56. The maximum atomic E-state index is 12.7. The zero-order chi connectivity index (χ0) is 19.5. The highest BCUT2D eigenvalue weighted by atomic mass is 16.5. The van der Waals surface area contributed by atoms with Crippen LogP contribution >= 0.6 is 0 Å². The van der Waals surface area contributed by atoms with Gasteiger partial charge >= 0.3 is 0 Å². The molecule has 0 bridgehead atoms. The molecule has 0 radical (unpaired) electrons. The Morgan fingerprint density at radius 2 is 1.63 bits per heavy atom. The Labute approximate surface area is 161 Å². The highest BCUT2D eigenvalue weighted by Crippen LogP contribution is 2.21. The Kier molecular flexibility index (Phi) is 8.36. The van der Waals surface area contributed by atoms with Crippen LogP contribution < -0.4 is 15.4 Å². The van der Waals surface area contributed by atoms with Crippen LogP contribution in [0.3, 0.4) is 0 Å². The van der Waals surface area contributed by atoms with E-state index in [1.54, 1.807) is 37.3 Å². The Bertz CT molecular complexity index is 759. The van der Waals surface area contributed by atoms with Crippen molar-refractivity contribution >= 4 is 23.2 Å². The lowest BCUT2D eigenvalue weighted by atomic mass is 10.1. The Hall–Kier alpha value is -2.82. The predicted molar refractivity (Wildman–Crippen MR) is 109 cm³/mol. The third kappa shape index (κ3) is 6.77. The van der Waals surface area contributed by atoms with E-state index >= 15 is 0 Å². The Morgan fingerprint density at radius 3 is 2.37 bits per heavy atom. The van der Waals surface area contributed by atoms with Crippen LogP contribution in [0.2, 0.25) is 0 Å². The first-order chi connectivity index (χ1) is 13.1. The fourth-order valence-electron chi connectivity index (χ4n) is 2.61. The normalized spacial score (nSPS) is 10.3. The molecule has 2 aromatic rings. The first-order valence-corrected chi connectivity index (χ1v) is 9.57. The van der Waals surface area contributed by atoms with Gasteiger partial charge in [0.05, 0.1) is 12.2 Å². The van der Waals surface area contributed by atoms with E-state index in [9.17, 15) is 9.59 Å². The van der Waals surface area contributed by atoms with Crippen molar-refractivity contribution in [2.75, 3.05) is 17.2 Å². The van der Waals surface area contributed by atoms with Gasteiger partial charge < -0.3 is 15.4 Å². The van der Waals surface area contributed by atoms with E-state index in [0.717, 1.165) is 12.8 Å². The Balaban J connectivity index is 2.01. The standard InChI is InChI=1S/C22H28N2O3/c1-3-5-6-9-15-27-20-14-8-7-13-19(20)22(26)24-18-12-10-11-17(16-18)23-21(25)4-2/h7-8,10-14,16H,3-6,9,15H2,1-2H3,(H,23,25)(H,24,26). The van der Waals surface area contributed by atoms with Crippen molar-refractivity contribution in [3.8, 4) is 5.75 Å². The molecule has 2 amide bonds. The van der Waals surface area contributed by atoms with Crippen LogP contribution in [-0.4, -0.2) is 18.4 Å². The zero-order valence-corrected chi connectivity index (χ0v) is 16.1. The molecule has 0 saturated carbocycles. The molecule has 0 spiro atoms. The van der Waals surface area contributed by atoms with Crippen molar-refractivity contribution in [3.63, 3.8) is 0 Å². The minimum Gasteiger partial charge on any atom is -0.493 e. The summed E-state index contributed by atoms with van der Waals surface area (Å²) < 4.78 is 5.82. The molecule has 0 saturated heterocycles. The van der Waals surface area contributed by atoms with Gasteiger partial charge in [0.2, 0.25) is 5.91 Å². The monoisotopic (exact) mass is 368 g/mol. The minimum atomic E-state index is -0.238. The number of nitrogens with one attached hydrogen (secondary N) is 2. The number of para-hydroxylation sites is 1. The summed E-state index contributed by atoms with van der Waals surface area (Å²) in [5, 5.41) is 5.66. The third-order valence-corrected chi connectivity index (χ3v) is 4.11. The van der Waals surface area contributed by atoms with Gasteiger partial charge in [0.1, 0.15) is 5.75 Å². The molecule has 0 heterocycles.